The van der Waals surface area contributed by atoms with Crippen LogP contribution < -0.4 is 10.2 Å². The van der Waals surface area contributed by atoms with Crippen LogP contribution in [0, 0.1) is 6.92 Å². The highest BCUT2D eigenvalue weighted by molar-refractivity contribution is 5.80. The fourth-order valence-electron chi connectivity index (χ4n) is 3.37. The summed E-state index contributed by atoms with van der Waals surface area (Å²) >= 11 is 0. The molecule has 9 nitrogen and oxygen atoms in total. The molecule has 29 heavy (non-hydrogen) atoms. The number of rotatable bonds is 5. The Morgan fingerprint density at radius 1 is 1.07 bits per heavy atom. The molecule has 1 amide bonds. The molecule has 0 aliphatic carbocycles. The summed E-state index contributed by atoms with van der Waals surface area (Å²) in [4.78, 5) is 29.8. The summed E-state index contributed by atoms with van der Waals surface area (Å²) in [7, 11) is 0. The van der Waals surface area contributed by atoms with Gasteiger partial charge in [0.25, 0.3) is 0 Å². The number of amides is 1. The third-order valence-corrected chi connectivity index (χ3v) is 5.02. The van der Waals surface area contributed by atoms with Crippen molar-refractivity contribution in [2.45, 2.75) is 19.9 Å². The van der Waals surface area contributed by atoms with E-state index < -0.39 is 0 Å². The molecule has 0 radical (unpaired) electrons. The fraction of sp³-hybridized carbons (Fsp3) is 0.350. The van der Waals surface area contributed by atoms with Gasteiger partial charge in [0.2, 0.25) is 5.91 Å². The van der Waals surface area contributed by atoms with Gasteiger partial charge < -0.3 is 15.1 Å². The quantitative estimate of drug-likeness (QED) is 0.710. The molecule has 4 rings (SSSR count). The highest BCUT2D eigenvalue weighted by atomic mass is 16.2. The molecule has 0 aromatic carbocycles. The second-order valence-electron chi connectivity index (χ2n) is 7.08. The summed E-state index contributed by atoms with van der Waals surface area (Å²) in [6.07, 6.45) is 6.82. The van der Waals surface area contributed by atoms with Crippen LogP contribution >= 0.6 is 0 Å². The maximum Gasteiger partial charge on any atom is 0.247 e. The van der Waals surface area contributed by atoms with Gasteiger partial charge in [-0.3, -0.25) is 9.48 Å². The van der Waals surface area contributed by atoms with Crippen molar-refractivity contribution in [3.8, 4) is 0 Å². The number of aromatic nitrogens is 5. The Balaban J connectivity index is 1.38. The Labute approximate surface area is 169 Å². The number of nitrogens with zero attached hydrogens (tertiary/aromatic N) is 7. The molecule has 1 aliphatic heterocycles. The lowest BCUT2D eigenvalue weighted by Gasteiger charge is -2.36. The van der Waals surface area contributed by atoms with Gasteiger partial charge in [-0.25, -0.2) is 15.0 Å². The third kappa shape index (κ3) is 4.34. The number of piperazine rings is 1. The fourth-order valence-corrected chi connectivity index (χ4v) is 3.37. The molecule has 0 spiro atoms. The minimum absolute atomic E-state index is 0.0870. The van der Waals surface area contributed by atoms with Crippen molar-refractivity contribution in [1.29, 1.82) is 0 Å². The van der Waals surface area contributed by atoms with Crippen molar-refractivity contribution in [3.05, 3.63) is 54.7 Å². The molecular weight excluding hydrogens is 368 g/mol. The Bertz CT molecular complexity index is 966. The van der Waals surface area contributed by atoms with Gasteiger partial charge in [-0.2, -0.15) is 5.10 Å². The number of carbonyl (C=O) groups is 1. The van der Waals surface area contributed by atoms with E-state index in [1.165, 1.54) is 0 Å². The molecule has 1 aliphatic rings. The minimum atomic E-state index is -0.298. The van der Waals surface area contributed by atoms with Crippen molar-refractivity contribution < 1.29 is 4.79 Å². The molecule has 1 N–H and O–H groups in total. The normalized spacial score (nSPS) is 15.2. The highest BCUT2D eigenvalue weighted by Crippen LogP contribution is 2.20. The number of hydrogen-bond donors (Lipinski definition) is 1. The molecule has 3 aromatic heterocycles. The van der Waals surface area contributed by atoms with Crippen LogP contribution in [0.4, 0.5) is 17.5 Å². The summed E-state index contributed by atoms with van der Waals surface area (Å²) in [6, 6.07) is 7.35. The molecular formula is C20H24N8O. The third-order valence-electron chi connectivity index (χ3n) is 5.02. The van der Waals surface area contributed by atoms with Crippen LogP contribution in [0.5, 0.6) is 0 Å². The zero-order valence-corrected chi connectivity index (χ0v) is 16.6. The van der Waals surface area contributed by atoms with Gasteiger partial charge in [-0.1, -0.05) is 0 Å². The number of pyridine rings is 1. The van der Waals surface area contributed by atoms with E-state index in [4.69, 9.17) is 0 Å². The summed E-state index contributed by atoms with van der Waals surface area (Å²) in [6.45, 7) is 6.64. The van der Waals surface area contributed by atoms with E-state index in [-0.39, 0.29) is 11.9 Å². The average Bonchev–Trinajstić information content (AvgIpc) is 3.28. The monoisotopic (exact) mass is 392 g/mol. The lowest BCUT2D eigenvalue weighted by Crippen LogP contribution is -2.50. The predicted octanol–water partition coefficient (Wildman–Crippen LogP) is 2.03. The first kappa shape index (κ1) is 18.9. The van der Waals surface area contributed by atoms with E-state index >= 15 is 0 Å². The first-order valence-electron chi connectivity index (χ1n) is 9.65. The molecule has 0 saturated carbocycles. The SMILES string of the molecule is Cc1ccnc(Nc2cc(N3CCN(C(=O)C(C)n4cccn4)CC3)ncn2)c1. The van der Waals surface area contributed by atoms with Crippen molar-refractivity contribution in [2.24, 2.45) is 0 Å². The molecule has 1 saturated heterocycles. The van der Waals surface area contributed by atoms with Gasteiger partial charge in [0.15, 0.2) is 0 Å². The predicted molar refractivity (Wildman–Crippen MR) is 110 cm³/mol. The minimum Gasteiger partial charge on any atom is -0.353 e. The molecule has 150 valence electrons. The average molecular weight is 392 g/mol. The smallest absolute Gasteiger partial charge is 0.247 e. The zero-order valence-electron chi connectivity index (χ0n) is 16.6. The zero-order chi connectivity index (χ0) is 20.2. The number of aryl methyl sites for hydroxylation is 1. The standard InChI is InChI=1S/C20H24N8O/c1-15-4-6-21-17(12-15)25-18-13-19(23-14-22-18)26-8-10-27(11-9-26)20(29)16(2)28-7-3-5-24-28/h3-7,12-14,16H,8-11H2,1-2H3,(H,21,22,23,25). The number of hydrogen-bond acceptors (Lipinski definition) is 7. The van der Waals surface area contributed by atoms with Crippen LogP contribution in [0.1, 0.15) is 18.5 Å². The number of anilines is 3. The summed E-state index contributed by atoms with van der Waals surface area (Å²) in [5.41, 5.74) is 1.13. The summed E-state index contributed by atoms with van der Waals surface area (Å²) in [5.74, 6) is 2.36. The van der Waals surface area contributed by atoms with Crippen molar-refractivity contribution in [3.63, 3.8) is 0 Å². The Hall–Kier alpha value is -3.49. The summed E-state index contributed by atoms with van der Waals surface area (Å²) in [5, 5.41) is 7.39. The van der Waals surface area contributed by atoms with Crippen LogP contribution in [-0.4, -0.2) is 61.7 Å². The maximum atomic E-state index is 12.7. The Morgan fingerprint density at radius 2 is 1.86 bits per heavy atom. The molecule has 1 unspecified atom stereocenters. The molecule has 4 heterocycles. The van der Waals surface area contributed by atoms with E-state index in [0.717, 1.165) is 30.3 Å². The molecule has 3 aromatic rings. The van der Waals surface area contributed by atoms with E-state index in [9.17, 15) is 4.79 Å². The molecule has 1 fully saturated rings. The van der Waals surface area contributed by atoms with Gasteiger partial charge >= 0.3 is 0 Å². The second-order valence-corrected chi connectivity index (χ2v) is 7.08. The van der Waals surface area contributed by atoms with Crippen LogP contribution in [0.15, 0.2) is 49.2 Å². The largest absolute Gasteiger partial charge is 0.353 e. The Morgan fingerprint density at radius 3 is 2.59 bits per heavy atom. The van der Waals surface area contributed by atoms with Crippen molar-refractivity contribution in [1.82, 2.24) is 29.6 Å². The van der Waals surface area contributed by atoms with E-state index in [2.05, 4.69) is 30.3 Å². The number of nitrogens with one attached hydrogen (secondary N) is 1. The van der Waals surface area contributed by atoms with Crippen LogP contribution in [0.25, 0.3) is 0 Å². The topological polar surface area (TPSA) is 92.1 Å². The van der Waals surface area contributed by atoms with Gasteiger partial charge in [0, 0.05) is 50.8 Å². The van der Waals surface area contributed by atoms with E-state index in [1.807, 2.05) is 49.2 Å². The van der Waals surface area contributed by atoms with Crippen LogP contribution in [-0.2, 0) is 4.79 Å². The molecule has 0 bridgehead atoms. The lowest BCUT2D eigenvalue weighted by molar-refractivity contribution is -0.134. The molecule has 1 atom stereocenters. The second kappa shape index (κ2) is 8.26. The Kier molecular flexibility index (Phi) is 5.37. The van der Waals surface area contributed by atoms with Gasteiger partial charge in [-0.15, -0.1) is 0 Å². The maximum absolute atomic E-state index is 12.7. The van der Waals surface area contributed by atoms with E-state index in [0.29, 0.717) is 18.9 Å². The van der Waals surface area contributed by atoms with Crippen molar-refractivity contribution in [2.75, 3.05) is 36.4 Å². The molecule has 9 heteroatoms. The first-order chi connectivity index (χ1) is 14.1. The van der Waals surface area contributed by atoms with E-state index in [1.54, 1.807) is 23.4 Å². The van der Waals surface area contributed by atoms with Gasteiger partial charge in [0.05, 0.1) is 0 Å². The van der Waals surface area contributed by atoms with Crippen molar-refractivity contribution >= 4 is 23.4 Å². The van der Waals surface area contributed by atoms with Crippen LogP contribution in [0.2, 0.25) is 0 Å². The van der Waals surface area contributed by atoms with Gasteiger partial charge in [0.1, 0.15) is 29.8 Å². The lowest BCUT2D eigenvalue weighted by atomic mass is 10.2. The van der Waals surface area contributed by atoms with Gasteiger partial charge in [-0.05, 0) is 37.6 Å². The van der Waals surface area contributed by atoms with Crippen LogP contribution in [0.3, 0.4) is 0 Å². The number of carbonyl (C=O) groups excluding carboxylic acids is 1. The first-order valence-corrected chi connectivity index (χ1v) is 9.65. The summed E-state index contributed by atoms with van der Waals surface area (Å²) < 4.78 is 1.69. The highest BCUT2D eigenvalue weighted by Gasteiger charge is 2.26.